The van der Waals surface area contributed by atoms with Gasteiger partial charge in [-0.15, -0.1) is 0 Å². The fourth-order valence-corrected chi connectivity index (χ4v) is 2.78. The van der Waals surface area contributed by atoms with Gasteiger partial charge in [0.15, 0.2) is 0 Å². The van der Waals surface area contributed by atoms with Crippen LogP contribution in [0, 0.1) is 0 Å². The summed E-state index contributed by atoms with van der Waals surface area (Å²) >= 11 is 3.60. The molecule has 2 aromatic carbocycles. The number of anilines is 1. The zero-order valence-electron chi connectivity index (χ0n) is 11.0. The summed E-state index contributed by atoms with van der Waals surface area (Å²) in [5, 5.41) is 5.99. The molecular formula is C17H15BrN2. The maximum atomic E-state index is 4.14. The Morgan fingerprint density at radius 2 is 1.80 bits per heavy atom. The number of aromatic nitrogens is 1. The Kier molecular flexibility index (Phi) is 3.97. The van der Waals surface area contributed by atoms with Crippen molar-refractivity contribution < 1.29 is 0 Å². The second kappa shape index (κ2) is 6.06. The topological polar surface area (TPSA) is 24.9 Å². The van der Waals surface area contributed by atoms with E-state index in [2.05, 4.69) is 68.7 Å². The highest BCUT2D eigenvalue weighted by Crippen LogP contribution is 2.29. The van der Waals surface area contributed by atoms with Crippen molar-refractivity contribution in [3.63, 3.8) is 0 Å². The zero-order chi connectivity index (χ0) is 13.8. The van der Waals surface area contributed by atoms with E-state index in [0.717, 1.165) is 17.4 Å². The molecule has 1 N–H and O–H groups in total. The van der Waals surface area contributed by atoms with Crippen LogP contribution in [-0.2, 0) is 6.42 Å². The summed E-state index contributed by atoms with van der Waals surface area (Å²) in [5.41, 5.74) is 2.43. The minimum Gasteiger partial charge on any atom is -0.384 e. The number of pyridine rings is 1. The Morgan fingerprint density at radius 1 is 0.950 bits per heavy atom. The third kappa shape index (κ3) is 2.83. The van der Waals surface area contributed by atoms with Gasteiger partial charge in [-0.2, -0.15) is 0 Å². The highest BCUT2D eigenvalue weighted by molar-refractivity contribution is 9.10. The maximum absolute atomic E-state index is 4.14. The van der Waals surface area contributed by atoms with Crippen molar-refractivity contribution in [2.75, 3.05) is 11.9 Å². The number of nitrogens with one attached hydrogen (secondary N) is 1. The molecule has 0 aliphatic rings. The van der Waals surface area contributed by atoms with Gasteiger partial charge in [0.05, 0.1) is 0 Å². The molecule has 0 fully saturated rings. The Balaban J connectivity index is 1.77. The summed E-state index contributed by atoms with van der Waals surface area (Å²) in [7, 11) is 0. The lowest BCUT2D eigenvalue weighted by Gasteiger charge is -2.11. The Labute approximate surface area is 127 Å². The van der Waals surface area contributed by atoms with Gasteiger partial charge in [0, 0.05) is 34.5 Å². The van der Waals surface area contributed by atoms with E-state index in [1.807, 2.05) is 12.3 Å². The van der Waals surface area contributed by atoms with Gasteiger partial charge in [-0.3, -0.25) is 4.98 Å². The average molecular weight is 327 g/mol. The SMILES string of the molecule is Brc1ccc(NCCc2cccnc2)c2ccccc12. The van der Waals surface area contributed by atoms with Crippen molar-refractivity contribution in [1.82, 2.24) is 4.98 Å². The van der Waals surface area contributed by atoms with Crippen LogP contribution in [0.5, 0.6) is 0 Å². The van der Waals surface area contributed by atoms with Crippen LogP contribution in [0.4, 0.5) is 5.69 Å². The summed E-state index contributed by atoms with van der Waals surface area (Å²) < 4.78 is 1.13. The standard InChI is InChI=1S/C17H15BrN2/c18-16-7-8-17(15-6-2-1-5-14(15)16)20-11-9-13-4-3-10-19-12-13/h1-8,10,12,20H,9,11H2. The van der Waals surface area contributed by atoms with Crippen LogP contribution >= 0.6 is 15.9 Å². The number of hydrogen-bond acceptors (Lipinski definition) is 2. The number of nitrogens with zero attached hydrogens (tertiary/aromatic N) is 1. The van der Waals surface area contributed by atoms with Crippen molar-refractivity contribution >= 4 is 32.4 Å². The second-order valence-corrected chi connectivity index (χ2v) is 5.53. The smallest absolute Gasteiger partial charge is 0.0420 e. The molecule has 3 heteroatoms. The molecule has 0 unspecified atom stereocenters. The largest absolute Gasteiger partial charge is 0.384 e. The van der Waals surface area contributed by atoms with E-state index in [4.69, 9.17) is 0 Å². The molecule has 1 heterocycles. The fraction of sp³-hybridized carbons (Fsp3) is 0.118. The first-order valence-electron chi connectivity index (χ1n) is 6.64. The van der Waals surface area contributed by atoms with Gasteiger partial charge in [0.2, 0.25) is 0 Å². The van der Waals surface area contributed by atoms with Crippen molar-refractivity contribution in [1.29, 1.82) is 0 Å². The predicted octanol–water partition coefficient (Wildman–Crippen LogP) is 4.65. The maximum Gasteiger partial charge on any atom is 0.0420 e. The molecule has 3 aromatic rings. The molecule has 0 bridgehead atoms. The summed E-state index contributed by atoms with van der Waals surface area (Å²) in [6.07, 6.45) is 4.69. The van der Waals surface area contributed by atoms with E-state index in [0.29, 0.717) is 0 Å². The fourth-order valence-electron chi connectivity index (χ4n) is 2.30. The van der Waals surface area contributed by atoms with Crippen LogP contribution in [-0.4, -0.2) is 11.5 Å². The van der Waals surface area contributed by atoms with Crippen LogP contribution < -0.4 is 5.32 Å². The predicted molar refractivity (Wildman–Crippen MR) is 88.1 cm³/mol. The normalized spacial score (nSPS) is 10.7. The van der Waals surface area contributed by atoms with Crippen molar-refractivity contribution in [2.24, 2.45) is 0 Å². The monoisotopic (exact) mass is 326 g/mol. The first-order chi connectivity index (χ1) is 9.84. The molecule has 0 atom stereocenters. The van der Waals surface area contributed by atoms with E-state index in [-0.39, 0.29) is 0 Å². The molecule has 100 valence electrons. The highest BCUT2D eigenvalue weighted by atomic mass is 79.9. The molecule has 0 saturated heterocycles. The molecule has 0 aliphatic heterocycles. The molecule has 0 spiro atoms. The highest BCUT2D eigenvalue weighted by Gasteiger charge is 2.03. The lowest BCUT2D eigenvalue weighted by Crippen LogP contribution is -2.05. The van der Waals surface area contributed by atoms with Gasteiger partial charge in [-0.25, -0.2) is 0 Å². The van der Waals surface area contributed by atoms with Gasteiger partial charge in [0.1, 0.15) is 0 Å². The summed E-state index contributed by atoms with van der Waals surface area (Å²) in [6.45, 7) is 0.900. The second-order valence-electron chi connectivity index (χ2n) is 4.68. The van der Waals surface area contributed by atoms with Crippen LogP contribution in [0.3, 0.4) is 0 Å². The van der Waals surface area contributed by atoms with E-state index in [1.165, 1.54) is 22.0 Å². The molecule has 20 heavy (non-hydrogen) atoms. The van der Waals surface area contributed by atoms with Crippen molar-refractivity contribution in [2.45, 2.75) is 6.42 Å². The Morgan fingerprint density at radius 3 is 2.60 bits per heavy atom. The Bertz CT molecular complexity index is 711. The zero-order valence-corrected chi connectivity index (χ0v) is 12.6. The van der Waals surface area contributed by atoms with Gasteiger partial charge in [-0.1, -0.05) is 46.3 Å². The van der Waals surface area contributed by atoms with E-state index >= 15 is 0 Å². The third-order valence-corrected chi connectivity index (χ3v) is 4.01. The number of fused-ring (bicyclic) bond motifs is 1. The van der Waals surface area contributed by atoms with Gasteiger partial charge in [0.25, 0.3) is 0 Å². The van der Waals surface area contributed by atoms with Gasteiger partial charge in [-0.05, 0) is 35.6 Å². The molecule has 1 aromatic heterocycles. The quantitative estimate of drug-likeness (QED) is 0.754. The minimum atomic E-state index is 0.900. The average Bonchev–Trinajstić information content (AvgIpc) is 2.51. The van der Waals surface area contributed by atoms with E-state index < -0.39 is 0 Å². The summed E-state index contributed by atoms with van der Waals surface area (Å²) in [6, 6.07) is 16.7. The lowest BCUT2D eigenvalue weighted by atomic mass is 10.1. The van der Waals surface area contributed by atoms with E-state index in [1.54, 1.807) is 6.20 Å². The van der Waals surface area contributed by atoms with E-state index in [9.17, 15) is 0 Å². The molecular weight excluding hydrogens is 312 g/mol. The third-order valence-electron chi connectivity index (χ3n) is 3.32. The first kappa shape index (κ1) is 13.1. The van der Waals surface area contributed by atoms with Crippen LogP contribution in [0.1, 0.15) is 5.56 Å². The van der Waals surface area contributed by atoms with Crippen LogP contribution in [0.2, 0.25) is 0 Å². The summed E-state index contributed by atoms with van der Waals surface area (Å²) in [4.78, 5) is 4.14. The van der Waals surface area contributed by atoms with Gasteiger partial charge < -0.3 is 5.32 Å². The molecule has 0 saturated carbocycles. The molecule has 3 rings (SSSR count). The molecule has 0 amide bonds. The van der Waals surface area contributed by atoms with Crippen molar-refractivity contribution in [3.8, 4) is 0 Å². The summed E-state index contributed by atoms with van der Waals surface area (Å²) in [5.74, 6) is 0. The number of benzene rings is 2. The molecule has 0 aliphatic carbocycles. The number of hydrogen-bond donors (Lipinski definition) is 1. The van der Waals surface area contributed by atoms with Crippen LogP contribution in [0.15, 0.2) is 65.4 Å². The van der Waals surface area contributed by atoms with Crippen molar-refractivity contribution in [3.05, 3.63) is 71.0 Å². The first-order valence-corrected chi connectivity index (χ1v) is 7.44. The minimum absolute atomic E-state index is 0.900. The van der Waals surface area contributed by atoms with Gasteiger partial charge >= 0.3 is 0 Å². The molecule has 0 radical (unpaired) electrons. The van der Waals surface area contributed by atoms with Crippen LogP contribution in [0.25, 0.3) is 10.8 Å². The number of halogens is 1. The lowest BCUT2D eigenvalue weighted by molar-refractivity contribution is 1.01. The number of rotatable bonds is 4. The Hall–Kier alpha value is -1.87. The molecule has 2 nitrogen and oxygen atoms in total.